The quantitative estimate of drug-likeness (QED) is 0.480. The number of aryl methyl sites for hydroxylation is 1. The van der Waals surface area contributed by atoms with Crippen LogP contribution in [-0.4, -0.2) is 25.5 Å². The lowest BCUT2D eigenvalue weighted by Gasteiger charge is -2.09. The van der Waals surface area contributed by atoms with Gasteiger partial charge in [0.15, 0.2) is 12.5 Å². The van der Waals surface area contributed by atoms with Crippen molar-refractivity contribution in [3.63, 3.8) is 0 Å². The number of hydrogen-bond acceptors (Lipinski definition) is 4. The van der Waals surface area contributed by atoms with E-state index in [1.807, 2.05) is 48.0 Å². The fourth-order valence-electron chi connectivity index (χ4n) is 2.96. The Hall–Kier alpha value is -3.58. The van der Waals surface area contributed by atoms with Crippen LogP contribution in [0.5, 0.6) is 5.75 Å². The van der Waals surface area contributed by atoms with Crippen molar-refractivity contribution in [3.05, 3.63) is 94.9 Å². The summed E-state index contributed by atoms with van der Waals surface area (Å²) < 4.78 is 9.02. The number of anilines is 1. The summed E-state index contributed by atoms with van der Waals surface area (Å²) in [7, 11) is 0. The molecule has 0 unspecified atom stereocenters. The molecule has 2 heterocycles. The smallest absolute Gasteiger partial charge is 0.275 e. The molecule has 4 rings (SSSR count). The Balaban J connectivity index is 1.41. The van der Waals surface area contributed by atoms with Crippen LogP contribution in [0.1, 0.15) is 21.7 Å². The molecule has 0 saturated carbocycles. The van der Waals surface area contributed by atoms with Crippen LogP contribution in [0.4, 0.5) is 5.82 Å². The van der Waals surface area contributed by atoms with Gasteiger partial charge in [-0.3, -0.25) is 9.48 Å². The van der Waals surface area contributed by atoms with Crippen LogP contribution in [0.2, 0.25) is 5.02 Å². The van der Waals surface area contributed by atoms with E-state index in [2.05, 4.69) is 15.5 Å². The number of halogens is 1. The lowest BCUT2D eigenvalue weighted by molar-refractivity contribution is 0.100. The molecule has 0 bridgehead atoms. The van der Waals surface area contributed by atoms with E-state index in [-0.39, 0.29) is 12.6 Å². The molecule has 2 aromatic carbocycles. The Labute approximate surface area is 178 Å². The van der Waals surface area contributed by atoms with Crippen molar-refractivity contribution < 1.29 is 9.53 Å². The van der Waals surface area contributed by atoms with Gasteiger partial charge in [0.1, 0.15) is 11.4 Å². The van der Waals surface area contributed by atoms with Crippen LogP contribution in [0.3, 0.4) is 0 Å². The molecule has 1 N–H and O–H groups in total. The van der Waals surface area contributed by atoms with Gasteiger partial charge < -0.3 is 10.1 Å². The SMILES string of the molecule is Cc1cc(NC(=O)c2ccnn2COc2ccc(Cl)cc2)nn1Cc1ccccc1. The summed E-state index contributed by atoms with van der Waals surface area (Å²) in [5.41, 5.74) is 2.46. The fourth-order valence-corrected chi connectivity index (χ4v) is 3.09. The number of carbonyl (C=O) groups is 1. The standard InChI is InChI=1S/C22H20ClN5O2/c1-16-13-21(26-27(16)14-17-5-3-2-4-6-17)25-22(29)20-11-12-24-28(20)15-30-19-9-7-18(23)8-10-19/h2-13H,14-15H2,1H3,(H,25,26,29). The summed E-state index contributed by atoms with van der Waals surface area (Å²) in [6.45, 7) is 2.68. The molecule has 30 heavy (non-hydrogen) atoms. The first-order valence-corrected chi connectivity index (χ1v) is 9.76. The first-order chi connectivity index (χ1) is 14.6. The molecule has 2 aromatic heterocycles. The number of amides is 1. The second-order valence-electron chi connectivity index (χ2n) is 6.71. The molecule has 0 atom stereocenters. The normalized spacial score (nSPS) is 10.7. The van der Waals surface area contributed by atoms with E-state index in [1.165, 1.54) is 4.68 Å². The molecule has 8 heteroatoms. The zero-order valence-electron chi connectivity index (χ0n) is 16.3. The van der Waals surface area contributed by atoms with Crippen LogP contribution in [-0.2, 0) is 13.3 Å². The maximum absolute atomic E-state index is 12.7. The second-order valence-corrected chi connectivity index (χ2v) is 7.15. The summed E-state index contributed by atoms with van der Waals surface area (Å²) in [4.78, 5) is 12.7. The molecule has 4 aromatic rings. The first-order valence-electron chi connectivity index (χ1n) is 9.38. The highest BCUT2D eigenvalue weighted by molar-refractivity contribution is 6.30. The van der Waals surface area contributed by atoms with Crippen LogP contribution >= 0.6 is 11.6 Å². The fraction of sp³-hybridized carbons (Fsp3) is 0.136. The van der Waals surface area contributed by atoms with Gasteiger partial charge in [-0.15, -0.1) is 0 Å². The van der Waals surface area contributed by atoms with E-state index in [9.17, 15) is 4.79 Å². The van der Waals surface area contributed by atoms with E-state index in [0.29, 0.717) is 28.8 Å². The maximum atomic E-state index is 12.7. The molecule has 152 valence electrons. The van der Waals surface area contributed by atoms with Gasteiger partial charge in [0.2, 0.25) is 0 Å². The number of nitrogens with one attached hydrogen (secondary N) is 1. The van der Waals surface area contributed by atoms with Gasteiger partial charge in [-0.25, -0.2) is 4.68 Å². The zero-order chi connectivity index (χ0) is 20.9. The molecule has 0 radical (unpaired) electrons. The Morgan fingerprint density at radius 1 is 1.07 bits per heavy atom. The molecule has 1 amide bonds. The van der Waals surface area contributed by atoms with E-state index < -0.39 is 0 Å². The number of aromatic nitrogens is 4. The number of benzene rings is 2. The van der Waals surface area contributed by atoms with Crippen LogP contribution < -0.4 is 10.1 Å². The van der Waals surface area contributed by atoms with Gasteiger partial charge in [-0.05, 0) is 42.8 Å². The van der Waals surface area contributed by atoms with Crippen molar-refractivity contribution in [2.45, 2.75) is 20.2 Å². The van der Waals surface area contributed by atoms with E-state index in [1.54, 1.807) is 36.5 Å². The molecular weight excluding hydrogens is 402 g/mol. The molecule has 0 aliphatic carbocycles. The van der Waals surface area contributed by atoms with Gasteiger partial charge in [-0.1, -0.05) is 41.9 Å². The minimum absolute atomic E-state index is 0.0961. The second kappa shape index (κ2) is 8.84. The van der Waals surface area contributed by atoms with Crippen LogP contribution in [0.25, 0.3) is 0 Å². The molecule has 0 saturated heterocycles. The topological polar surface area (TPSA) is 74.0 Å². The van der Waals surface area contributed by atoms with Crippen LogP contribution in [0, 0.1) is 6.92 Å². The van der Waals surface area contributed by atoms with Gasteiger partial charge in [0, 0.05) is 23.0 Å². The molecule has 0 spiro atoms. The summed E-state index contributed by atoms with van der Waals surface area (Å²) in [5, 5.41) is 12.1. The average molecular weight is 422 g/mol. The highest BCUT2D eigenvalue weighted by Crippen LogP contribution is 2.17. The third kappa shape index (κ3) is 4.69. The van der Waals surface area contributed by atoms with Crippen molar-refractivity contribution in [2.75, 3.05) is 5.32 Å². The Morgan fingerprint density at radius 3 is 2.60 bits per heavy atom. The van der Waals surface area contributed by atoms with Crippen molar-refractivity contribution in [3.8, 4) is 5.75 Å². The van der Waals surface area contributed by atoms with Gasteiger partial charge in [0.25, 0.3) is 5.91 Å². The number of nitrogens with zero attached hydrogens (tertiary/aromatic N) is 4. The number of rotatable bonds is 7. The molecule has 7 nitrogen and oxygen atoms in total. The third-order valence-corrected chi connectivity index (χ3v) is 4.77. The van der Waals surface area contributed by atoms with Crippen molar-refractivity contribution in [1.29, 1.82) is 0 Å². The summed E-state index contributed by atoms with van der Waals surface area (Å²) in [6, 6.07) is 20.5. The first kappa shape index (κ1) is 19.7. The number of carbonyl (C=O) groups excluding carboxylic acids is 1. The predicted molar refractivity (Wildman–Crippen MR) is 115 cm³/mol. The average Bonchev–Trinajstić information content (AvgIpc) is 3.35. The number of ether oxygens (including phenoxy) is 1. The maximum Gasteiger partial charge on any atom is 0.275 e. The van der Waals surface area contributed by atoms with E-state index >= 15 is 0 Å². The van der Waals surface area contributed by atoms with Crippen molar-refractivity contribution in [1.82, 2.24) is 19.6 Å². The summed E-state index contributed by atoms with van der Waals surface area (Å²) in [5.74, 6) is 0.813. The Bertz CT molecular complexity index is 1140. The Morgan fingerprint density at radius 2 is 1.83 bits per heavy atom. The molecule has 0 aliphatic rings. The van der Waals surface area contributed by atoms with Gasteiger partial charge >= 0.3 is 0 Å². The number of hydrogen-bond donors (Lipinski definition) is 1. The van der Waals surface area contributed by atoms with Crippen LogP contribution in [0.15, 0.2) is 72.9 Å². The zero-order valence-corrected chi connectivity index (χ0v) is 17.1. The van der Waals surface area contributed by atoms with E-state index in [4.69, 9.17) is 16.3 Å². The highest BCUT2D eigenvalue weighted by atomic mass is 35.5. The van der Waals surface area contributed by atoms with Gasteiger partial charge in [0.05, 0.1) is 6.54 Å². The largest absolute Gasteiger partial charge is 0.471 e. The van der Waals surface area contributed by atoms with Crippen molar-refractivity contribution in [2.24, 2.45) is 0 Å². The van der Waals surface area contributed by atoms with E-state index in [0.717, 1.165) is 11.3 Å². The minimum Gasteiger partial charge on any atom is -0.471 e. The Kier molecular flexibility index (Phi) is 5.81. The molecule has 0 aliphatic heterocycles. The third-order valence-electron chi connectivity index (χ3n) is 4.51. The van der Waals surface area contributed by atoms with Gasteiger partial charge in [-0.2, -0.15) is 10.2 Å². The lowest BCUT2D eigenvalue weighted by Crippen LogP contribution is -2.20. The summed E-state index contributed by atoms with van der Waals surface area (Å²) >= 11 is 5.88. The predicted octanol–water partition coefficient (Wildman–Crippen LogP) is 4.38. The molecular formula is C22H20ClN5O2. The molecule has 0 fully saturated rings. The monoisotopic (exact) mass is 421 g/mol. The summed E-state index contributed by atoms with van der Waals surface area (Å²) in [6.07, 6.45) is 1.55. The lowest BCUT2D eigenvalue weighted by atomic mass is 10.2. The van der Waals surface area contributed by atoms with Crippen molar-refractivity contribution >= 4 is 23.3 Å². The highest BCUT2D eigenvalue weighted by Gasteiger charge is 2.15. The minimum atomic E-state index is -0.309.